The Morgan fingerprint density at radius 1 is 1.22 bits per heavy atom. The molecule has 1 atom stereocenters. The largest absolute Gasteiger partial charge is 0.392 e. The third-order valence-electron chi connectivity index (χ3n) is 7.14. The van der Waals surface area contributed by atoms with Gasteiger partial charge in [-0.2, -0.15) is 0 Å². The van der Waals surface area contributed by atoms with Gasteiger partial charge in [-0.15, -0.1) is 0 Å². The second-order valence-electron chi connectivity index (χ2n) is 9.55. The zero-order chi connectivity index (χ0) is 25.2. The Morgan fingerprint density at radius 3 is 2.78 bits per heavy atom. The first-order valence-electron chi connectivity index (χ1n) is 12.3. The van der Waals surface area contributed by atoms with Gasteiger partial charge in [0.25, 0.3) is 5.91 Å². The van der Waals surface area contributed by atoms with Crippen molar-refractivity contribution >= 4 is 23.3 Å². The minimum absolute atomic E-state index is 0.173. The van der Waals surface area contributed by atoms with E-state index in [1.807, 2.05) is 22.9 Å². The smallest absolute Gasteiger partial charge is 0.271 e. The lowest BCUT2D eigenvalue weighted by molar-refractivity contribution is 0.0386. The third-order valence-corrected chi connectivity index (χ3v) is 7.44. The number of benzene rings is 1. The Kier molecular flexibility index (Phi) is 7.27. The number of carbonyl (C=O) groups is 1. The van der Waals surface area contributed by atoms with E-state index in [0.29, 0.717) is 41.0 Å². The number of nitrogens with zero attached hydrogens (tertiary/aromatic N) is 3. The summed E-state index contributed by atoms with van der Waals surface area (Å²) in [5, 5.41) is 13.7. The van der Waals surface area contributed by atoms with Crippen LogP contribution in [-0.4, -0.2) is 51.3 Å². The fourth-order valence-electron chi connectivity index (χ4n) is 5.26. The molecule has 2 aliphatic rings. The Morgan fingerprint density at radius 2 is 2.03 bits per heavy atom. The SMILES string of the molecule is COC[C@H]1Cn2cc(-c3cc(NC4CCCC4)ncc3Cl)cc2C(=O)N1Cc1cc(F)ccc1CO. The number of rotatable bonds is 8. The maximum Gasteiger partial charge on any atom is 0.271 e. The van der Waals surface area contributed by atoms with Crippen LogP contribution in [-0.2, 0) is 24.4 Å². The van der Waals surface area contributed by atoms with Gasteiger partial charge in [-0.25, -0.2) is 9.37 Å². The normalized spacial score (nSPS) is 18.1. The van der Waals surface area contributed by atoms with Gasteiger partial charge in [-0.3, -0.25) is 4.79 Å². The van der Waals surface area contributed by atoms with Crippen LogP contribution in [0, 0.1) is 5.82 Å². The molecule has 0 bridgehead atoms. The fourth-order valence-corrected chi connectivity index (χ4v) is 5.47. The van der Waals surface area contributed by atoms with E-state index in [1.54, 1.807) is 24.3 Å². The Bertz CT molecular complexity index is 1260. The number of fused-ring (bicyclic) bond motifs is 1. The molecule has 0 saturated heterocycles. The van der Waals surface area contributed by atoms with Crippen LogP contribution in [0.3, 0.4) is 0 Å². The topological polar surface area (TPSA) is 79.6 Å². The van der Waals surface area contributed by atoms with Crippen LogP contribution in [0.15, 0.2) is 42.7 Å². The van der Waals surface area contributed by atoms with Gasteiger partial charge < -0.3 is 24.6 Å². The quantitative estimate of drug-likeness (QED) is 0.450. The van der Waals surface area contributed by atoms with Crippen molar-refractivity contribution in [1.82, 2.24) is 14.5 Å². The molecule has 1 saturated carbocycles. The van der Waals surface area contributed by atoms with Crippen LogP contribution in [0.2, 0.25) is 5.02 Å². The van der Waals surface area contributed by atoms with Crippen LogP contribution in [0.1, 0.15) is 47.3 Å². The van der Waals surface area contributed by atoms with Gasteiger partial charge in [0.2, 0.25) is 0 Å². The molecule has 1 fully saturated rings. The zero-order valence-electron chi connectivity index (χ0n) is 20.2. The summed E-state index contributed by atoms with van der Waals surface area (Å²) in [5.41, 5.74) is 3.33. The highest BCUT2D eigenvalue weighted by Gasteiger charge is 2.34. The summed E-state index contributed by atoms with van der Waals surface area (Å²) in [6.07, 6.45) is 8.30. The van der Waals surface area contributed by atoms with Crippen molar-refractivity contribution in [3.63, 3.8) is 0 Å². The molecule has 1 aliphatic heterocycles. The Labute approximate surface area is 214 Å². The number of hydrogen-bond donors (Lipinski definition) is 2. The van der Waals surface area contributed by atoms with Gasteiger partial charge in [0, 0.05) is 49.8 Å². The molecule has 190 valence electrons. The second-order valence-corrected chi connectivity index (χ2v) is 9.96. The predicted octanol–water partition coefficient (Wildman–Crippen LogP) is 4.86. The molecule has 1 aliphatic carbocycles. The Hall–Kier alpha value is -2.94. The van der Waals surface area contributed by atoms with E-state index in [1.165, 1.54) is 25.0 Å². The summed E-state index contributed by atoms with van der Waals surface area (Å²) in [4.78, 5) is 19.8. The lowest BCUT2D eigenvalue weighted by Crippen LogP contribution is -2.49. The highest BCUT2D eigenvalue weighted by Crippen LogP contribution is 2.34. The van der Waals surface area contributed by atoms with Crippen molar-refractivity contribution in [1.29, 1.82) is 0 Å². The van der Waals surface area contributed by atoms with E-state index in [0.717, 1.165) is 29.8 Å². The minimum Gasteiger partial charge on any atom is -0.392 e. The van der Waals surface area contributed by atoms with E-state index < -0.39 is 5.82 Å². The van der Waals surface area contributed by atoms with Crippen molar-refractivity contribution in [3.05, 3.63) is 70.4 Å². The van der Waals surface area contributed by atoms with Crippen molar-refractivity contribution in [2.45, 2.75) is 57.5 Å². The first-order chi connectivity index (χ1) is 17.5. The first-order valence-corrected chi connectivity index (χ1v) is 12.6. The van der Waals surface area contributed by atoms with Gasteiger partial charge in [0.1, 0.15) is 17.3 Å². The number of halogens is 2. The van der Waals surface area contributed by atoms with E-state index in [2.05, 4.69) is 10.3 Å². The monoisotopic (exact) mass is 512 g/mol. The molecule has 0 spiro atoms. The highest BCUT2D eigenvalue weighted by atomic mass is 35.5. The number of hydrogen-bond acceptors (Lipinski definition) is 5. The van der Waals surface area contributed by atoms with Crippen LogP contribution in [0.4, 0.5) is 10.2 Å². The number of aromatic nitrogens is 2. The summed E-state index contributed by atoms with van der Waals surface area (Å²) in [6, 6.07) is 8.19. The molecule has 0 unspecified atom stereocenters. The van der Waals surface area contributed by atoms with Crippen molar-refractivity contribution in [2.75, 3.05) is 19.0 Å². The summed E-state index contributed by atoms with van der Waals surface area (Å²) in [7, 11) is 1.59. The number of aliphatic hydroxyl groups is 1. The zero-order valence-corrected chi connectivity index (χ0v) is 21.0. The van der Waals surface area contributed by atoms with Crippen LogP contribution < -0.4 is 5.32 Å². The molecular formula is C27H30ClFN4O3. The van der Waals surface area contributed by atoms with Crippen LogP contribution >= 0.6 is 11.6 Å². The third kappa shape index (κ3) is 4.98. The first kappa shape index (κ1) is 24.7. The molecule has 2 aromatic heterocycles. The van der Waals surface area contributed by atoms with E-state index in [9.17, 15) is 14.3 Å². The minimum atomic E-state index is -0.407. The molecular weight excluding hydrogens is 483 g/mol. The second kappa shape index (κ2) is 10.6. The summed E-state index contributed by atoms with van der Waals surface area (Å²) in [5.74, 6) is 0.186. The van der Waals surface area contributed by atoms with Crippen molar-refractivity contribution < 1.29 is 19.0 Å². The van der Waals surface area contributed by atoms with Crippen molar-refractivity contribution in [3.8, 4) is 11.1 Å². The molecule has 0 radical (unpaired) electrons. The van der Waals surface area contributed by atoms with Crippen LogP contribution in [0.25, 0.3) is 11.1 Å². The van der Waals surface area contributed by atoms with Gasteiger partial charge in [0.05, 0.1) is 24.3 Å². The van der Waals surface area contributed by atoms with Crippen LogP contribution in [0.5, 0.6) is 0 Å². The number of methoxy groups -OCH3 is 1. The number of anilines is 1. The number of ether oxygens (including phenoxy) is 1. The molecule has 5 rings (SSSR count). The fraction of sp³-hybridized carbons (Fsp3) is 0.407. The van der Waals surface area contributed by atoms with Gasteiger partial charge in [-0.05, 0) is 48.2 Å². The number of amides is 1. The molecule has 7 nitrogen and oxygen atoms in total. The van der Waals surface area contributed by atoms with Gasteiger partial charge in [-0.1, -0.05) is 30.5 Å². The molecule has 9 heteroatoms. The number of pyridine rings is 1. The molecule has 1 amide bonds. The lowest BCUT2D eigenvalue weighted by Gasteiger charge is -2.36. The Balaban J connectivity index is 1.45. The number of nitrogens with one attached hydrogen (secondary N) is 1. The lowest BCUT2D eigenvalue weighted by atomic mass is 10.0. The van der Waals surface area contributed by atoms with E-state index in [4.69, 9.17) is 16.3 Å². The molecule has 3 aromatic rings. The summed E-state index contributed by atoms with van der Waals surface area (Å²) < 4.78 is 21.3. The highest BCUT2D eigenvalue weighted by molar-refractivity contribution is 6.33. The number of aliphatic hydroxyl groups excluding tert-OH is 1. The maximum atomic E-state index is 14.0. The molecule has 3 heterocycles. The summed E-state index contributed by atoms with van der Waals surface area (Å²) in [6.45, 7) is 0.792. The average molecular weight is 513 g/mol. The van der Waals surface area contributed by atoms with E-state index >= 15 is 0 Å². The van der Waals surface area contributed by atoms with Gasteiger partial charge in [0.15, 0.2) is 0 Å². The molecule has 2 N–H and O–H groups in total. The maximum absolute atomic E-state index is 14.0. The van der Waals surface area contributed by atoms with Gasteiger partial charge >= 0.3 is 0 Å². The summed E-state index contributed by atoms with van der Waals surface area (Å²) >= 11 is 6.54. The molecule has 1 aromatic carbocycles. The standard InChI is InChI=1S/C27H30ClFN4O3/c1-36-16-22-14-32-12-19(23-10-26(30-11-24(23)28)31-21-4-2-3-5-21)9-25(32)27(35)33(22)13-18-8-20(29)7-6-17(18)15-34/h6-12,21-22,34H,2-5,13-16H2,1H3,(H,30,31)/t22-/m1/s1. The molecule has 36 heavy (non-hydrogen) atoms. The van der Waals surface area contributed by atoms with Crippen molar-refractivity contribution in [2.24, 2.45) is 0 Å². The average Bonchev–Trinajstić information content (AvgIpc) is 3.53. The van der Waals surface area contributed by atoms with E-state index in [-0.39, 0.29) is 25.1 Å². The number of carbonyl (C=O) groups excluding carboxylic acids is 1. The predicted molar refractivity (Wildman–Crippen MR) is 136 cm³/mol.